The monoisotopic (exact) mass is 425 g/mol. The van der Waals surface area contributed by atoms with Gasteiger partial charge < -0.3 is 10.1 Å². The van der Waals surface area contributed by atoms with Gasteiger partial charge in [-0.1, -0.05) is 77.6 Å². The number of ether oxygens (including phenoxy) is 1. The maximum atomic E-state index is 13.2. The molecule has 0 saturated carbocycles. The molecule has 1 amide bonds. The quantitative estimate of drug-likeness (QED) is 0.249. The lowest BCUT2D eigenvalue weighted by molar-refractivity contribution is -0.145. The van der Waals surface area contributed by atoms with Crippen LogP contribution in [0.3, 0.4) is 0 Å². The summed E-state index contributed by atoms with van der Waals surface area (Å²) < 4.78 is 31.3. The molecule has 0 radical (unpaired) electrons. The van der Waals surface area contributed by atoms with Gasteiger partial charge in [-0.05, 0) is 31.5 Å². The van der Waals surface area contributed by atoms with Crippen LogP contribution >= 0.6 is 0 Å². The van der Waals surface area contributed by atoms with E-state index in [1.165, 1.54) is 64.7 Å². The first-order valence-corrected chi connectivity index (χ1v) is 11.4. The smallest absolute Gasteiger partial charge is 0.328 e. The third-order valence-electron chi connectivity index (χ3n) is 5.13. The zero-order valence-electron chi connectivity index (χ0n) is 18.5. The molecule has 0 aliphatic rings. The molecule has 6 heteroatoms. The number of benzene rings is 1. The maximum absolute atomic E-state index is 13.2. The van der Waals surface area contributed by atoms with Crippen molar-refractivity contribution in [1.82, 2.24) is 5.32 Å². The van der Waals surface area contributed by atoms with Crippen molar-refractivity contribution < 1.29 is 23.1 Å². The Kier molecular flexibility index (Phi) is 13.7. The van der Waals surface area contributed by atoms with Gasteiger partial charge in [0.05, 0.1) is 6.61 Å². The Labute approximate surface area is 179 Å². The number of unbranched alkanes of at least 4 members (excludes halogenated alkanes) is 11. The molecule has 0 saturated heterocycles. The fourth-order valence-corrected chi connectivity index (χ4v) is 3.22. The molecule has 1 atom stereocenters. The highest BCUT2D eigenvalue weighted by Crippen LogP contribution is 2.12. The highest BCUT2D eigenvalue weighted by Gasteiger charge is 2.18. The second-order valence-corrected chi connectivity index (χ2v) is 7.88. The van der Waals surface area contributed by atoms with Crippen molar-refractivity contribution in [2.45, 2.75) is 96.9 Å². The summed E-state index contributed by atoms with van der Waals surface area (Å²) in [7, 11) is 0. The third kappa shape index (κ3) is 11.3. The molecular formula is C24H37F2NO3. The molecule has 1 rings (SSSR count). The van der Waals surface area contributed by atoms with Crippen LogP contribution in [-0.4, -0.2) is 24.5 Å². The Bertz CT molecular complexity index is 637. The number of hydrogen-bond donors (Lipinski definition) is 1. The highest BCUT2D eigenvalue weighted by molar-refractivity contribution is 5.96. The SMILES string of the molecule is CCCCCCCCCCCCCCOC(=O)C(C)NC(=O)c1ccc(F)c(F)c1. The molecule has 1 aromatic carbocycles. The summed E-state index contributed by atoms with van der Waals surface area (Å²) in [6.45, 7) is 4.06. The van der Waals surface area contributed by atoms with Gasteiger partial charge in [0.2, 0.25) is 0 Å². The van der Waals surface area contributed by atoms with E-state index in [9.17, 15) is 18.4 Å². The minimum Gasteiger partial charge on any atom is -0.464 e. The molecule has 0 aliphatic carbocycles. The van der Waals surface area contributed by atoms with E-state index in [1.54, 1.807) is 0 Å². The minimum atomic E-state index is -1.11. The van der Waals surface area contributed by atoms with E-state index in [-0.39, 0.29) is 5.56 Å². The van der Waals surface area contributed by atoms with Gasteiger partial charge in [0.25, 0.3) is 5.91 Å². The Morgan fingerprint density at radius 3 is 1.93 bits per heavy atom. The van der Waals surface area contributed by atoms with E-state index >= 15 is 0 Å². The van der Waals surface area contributed by atoms with Crippen molar-refractivity contribution in [3.8, 4) is 0 Å². The molecule has 0 fully saturated rings. The lowest BCUT2D eigenvalue weighted by atomic mass is 10.1. The highest BCUT2D eigenvalue weighted by atomic mass is 19.2. The molecule has 0 aromatic heterocycles. The second-order valence-electron chi connectivity index (χ2n) is 7.88. The standard InChI is InChI=1S/C24H37F2NO3/c1-3-4-5-6-7-8-9-10-11-12-13-14-17-30-24(29)19(2)27-23(28)20-15-16-21(25)22(26)18-20/h15-16,18-19H,3-14,17H2,1-2H3,(H,27,28). The molecule has 0 heterocycles. The number of esters is 1. The van der Waals surface area contributed by atoms with Crippen molar-refractivity contribution >= 4 is 11.9 Å². The first kappa shape index (κ1) is 26.1. The van der Waals surface area contributed by atoms with Gasteiger partial charge in [-0.15, -0.1) is 0 Å². The van der Waals surface area contributed by atoms with Crippen LogP contribution in [-0.2, 0) is 9.53 Å². The topological polar surface area (TPSA) is 55.4 Å². The summed E-state index contributed by atoms with van der Waals surface area (Å²) >= 11 is 0. The van der Waals surface area contributed by atoms with Crippen LogP contribution in [0.4, 0.5) is 8.78 Å². The molecule has 1 aromatic rings. The summed E-state index contributed by atoms with van der Waals surface area (Å²) in [4.78, 5) is 24.0. The van der Waals surface area contributed by atoms with Crippen molar-refractivity contribution in [2.24, 2.45) is 0 Å². The van der Waals surface area contributed by atoms with Crippen LogP contribution in [0, 0.1) is 11.6 Å². The van der Waals surface area contributed by atoms with Crippen molar-refractivity contribution in [3.63, 3.8) is 0 Å². The van der Waals surface area contributed by atoms with Gasteiger partial charge in [-0.3, -0.25) is 4.79 Å². The lowest BCUT2D eigenvalue weighted by Gasteiger charge is -2.13. The zero-order valence-corrected chi connectivity index (χ0v) is 18.5. The molecule has 1 N–H and O–H groups in total. The summed E-state index contributed by atoms with van der Waals surface area (Å²) in [5.74, 6) is -3.32. The molecule has 1 unspecified atom stereocenters. The first-order chi connectivity index (χ1) is 14.5. The molecular weight excluding hydrogens is 388 g/mol. The first-order valence-electron chi connectivity index (χ1n) is 11.4. The van der Waals surface area contributed by atoms with Crippen LogP contribution < -0.4 is 5.32 Å². The van der Waals surface area contributed by atoms with Gasteiger partial charge in [-0.2, -0.15) is 0 Å². The van der Waals surface area contributed by atoms with E-state index < -0.39 is 29.6 Å². The van der Waals surface area contributed by atoms with Crippen molar-refractivity contribution in [3.05, 3.63) is 35.4 Å². The van der Waals surface area contributed by atoms with E-state index in [0.717, 1.165) is 37.5 Å². The average Bonchev–Trinajstić information content (AvgIpc) is 2.73. The van der Waals surface area contributed by atoms with Crippen LogP contribution in [0.1, 0.15) is 101 Å². The fraction of sp³-hybridized carbons (Fsp3) is 0.667. The molecule has 170 valence electrons. The Morgan fingerprint density at radius 1 is 0.867 bits per heavy atom. The number of amides is 1. The predicted molar refractivity (Wildman–Crippen MR) is 115 cm³/mol. The number of hydrogen-bond acceptors (Lipinski definition) is 3. The van der Waals surface area contributed by atoms with E-state index in [0.29, 0.717) is 6.61 Å². The molecule has 0 spiro atoms. The predicted octanol–water partition coefficient (Wildman–Crippen LogP) is 6.33. The number of carbonyl (C=O) groups excluding carboxylic acids is 2. The number of halogens is 2. The van der Waals surface area contributed by atoms with Crippen molar-refractivity contribution in [2.75, 3.05) is 6.61 Å². The third-order valence-corrected chi connectivity index (χ3v) is 5.13. The average molecular weight is 426 g/mol. The minimum absolute atomic E-state index is 0.0468. The van der Waals surface area contributed by atoms with Crippen LogP contribution in [0.2, 0.25) is 0 Å². The van der Waals surface area contributed by atoms with Gasteiger partial charge in [0.15, 0.2) is 11.6 Å². The fourth-order valence-electron chi connectivity index (χ4n) is 3.22. The van der Waals surface area contributed by atoms with Gasteiger partial charge in [-0.25, -0.2) is 13.6 Å². The van der Waals surface area contributed by atoms with E-state index in [2.05, 4.69) is 12.2 Å². The molecule has 30 heavy (non-hydrogen) atoms. The van der Waals surface area contributed by atoms with Gasteiger partial charge >= 0.3 is 5.97 Å². The summed E-state index contributed by atoms with van der Waals surface area (Å²) in [6, 6.07) is 1.98. The Hall–Kier alpha value is -1.98. The molecule has 0 bridgehead atoms. The number of rotatable bonds is 16. The summed E-state index contributed by atoms with van der Waals surface area (Å²) in [5, 5.41) is 2.44. The summed E-state index contributed by atoms with van der Waals surface area (Å²) in [5.41, 5.74) is -0.0468. The molecule has 4 nitrogen and oxygen atoms in total. The van der Waals surface area contributed by atoms with E-state index in [1.807, 2.05) is 0 Å². The van der Waals surface area contributed by atoms with Crippen molar-refractivity contribution in [1.29, 1.82) is 0 Å². The van der Waals surface area contributed by atoms with E-state index in [4.69, 9.17) is 4.74 Å². The van der Waals surface area contributed by atoms with Gasteiger partial charge in [0.1, 0.15) is 6.04 Å². The Balaban J connectivity index is 2.04. The summed E-state index contributed by atoms with van der Waals surface area (Å²) in [6.07, 6.45) is 14.8. The Morgan fingerprint density at radius 2 is 1.40 bits per heavy atom. The van der Waals surface area contributed by atoms with Gasteiger partial charge in [0, 0.05) is 5.56 Å². The zero-order chi connectivity index (χ0) is 22.2. The largest absolute Gasteiger partial charge is 0.464 e. The maximum Gasteiger partial charge on any atom is 0.328 e. The number of nitrogens with one attached hydrogen (secondary N) is 1. The normalized spacial score (nSPS) is 11.9. The van der Waals surface area contributed by atoms with Crippen LogP contribution in [0.15, 0.2) is 18.2 Å². The van der Waals surface area contributed by atoms with Crippen LogP contribution in [0.5, 0.6) is 0 Å². The van der Waals surface area contributed by atoms with Crippen LogP contribution in [0.25, 0.3) is 0 Å². The number of carbonyl (C=O) groups is 2. The molecule has 0 aliphatic heterocycles. The second kappa shape index (κ2) is 15.8. The lowest BCUT2D eigenvalue weighted by Crippen LogP contribution is -2.39.